The van der Waals surface area contributed by atoms with Gasteiger partial charge in [0.2, 0.25) is 5.91 Å². The monoisotopic (exact) mass is 227 g/mol. The van der Waals surface area contributed by atoms with Gasteiger partial charge < -0.3 is 11.1 Å². The van der Waals surface area contributed by atoms with E-state index in [0.717, 1.165) is 26.1 Å². The number of hydrogen-bond donors (Lipinski definition) is 2. The molecule has 0 spiro atoms. The third-order valence-electron chi connectivity index (χ3n) is 3.29. The van der Waals surface area contributed by atoms with E-state index in [1.54, 1.807) is 0 Å². The van der Waals surface area contributed by atoms with Crippen molar-refractivity contribution in [2.24, 2.45) is 17.6 Å². The molecule has 4 heteroatoms. The molecular formula is C12H25N3O. The lowest BCUT2D eigenvalue weighted by Crippen LogP contribution is -2.47. The van der Waals surface area contributed by atoms with Crippen molar-refractivity contribution in [1.82, 2.24) is 10.2 Å². The van der Waals surface area contributed by atoms with Crippen LogP contribution >= 0.6 is 0 Å². The van der Waals surface area contributed by atoms with Crippen LogP contribution in [0.4, 0.5) is 0 Å². The van der Waals surface area contributed by atoms with Crippen LogP contribution in [0.1, 0.15) is 27.2 Å². The first-order valence-corrected chi connectivity index (χ1v) is 6.24. The Morgan fingerprint density at radius 3 is 2.75 bits per heavy atom. The first kappa shape index (κ1) is 13.5. The van der Waals surface area contributed by atoms with Crippen molar-refractivity contribution in [2.75, 3.05) is 26.2 Å². The smallest absolute Gasteiger partial charge is 0.234 e. The summed E-state index contributed by atoms with van der Waals surface area (Å²) in [6.07, 6.45) is 1.12. The number of carbonyl (C=O) groups is 1. The van der Waals surface area contributed by atoms with Crippen LogP contribution in [0.3, 0.4) is 0 Å². The van der Waals surface area contributed by atoms with Crippen molar-refractivity contribution in [3.8, 4) is 0 Å². The number of carbonyl (C=O) groups excluding carboxylic acids is 1. The molecule has 0 radical (unpaired) electrons. The Morgan fingerprint density at radius 2 is 2.25 bits per heavy atom. The molecule has 16 heavy (non-hydrogen) atoms. The van der Waals surface area contributed by atoms with Crippen LogP contribution in [0, 0.1) is 11.8 Å². The van der Waals surface area contributed by atoms with Gasteiger partial charge in [0.25, 0.3) is 0 Å². The number of rotatable bonds is 4. The summed E-state index contributed by atoms with van der Waals surface area (Å²) in [4.78, 5) is 13.8. The van der Waals surface area contributed by atoms with E-state index in [2.05, 4.69) is 17.1 Å². The quantitative estimate of drug-likeness (QED) is 0.732. The molecule has 1 aliphatic rings. The molecule has 1 rings (SSSR count). The van der Waals surface area contributed by atoms with Crippen LogP contribution in [-0.2, 0) is 4.79 Å². The molecule has 1 aliphatic heterocycles. The molecule has 0 saturated carbocycles. The third-order valence-corrected chi connectivity index (χ3v) is 3.29. The second-order valence-corrected chi connectivity index (χ2v) is 5.22. The molecular weight excluding hydrogens is 202 g/mol. The highest BCUT2D eigenvalue weighted by atomic mass is 16.2. The Bertz CT molecular complexity index is 230. The number of nitrogens with zero attached hydrogens (tertiary/aromatic N) is 1. The zero-order valence-corrected chi connectivity index (χ0v) is 10.7. The summed E-state index contributed by atoms with van der Waals surface area (Å²) in [5.41, 5.74) is 5.71. The average molecular weight is 227 g/mol. The molecule has 0 bridgehead atoms. The van der Waals surface area contributed by atoms with Crippen molar-refractivity contribution >= 4 is 5.91 Å². The maximum Gasteiger partial charge on any atom is 0.234 e. The summed E-state index contributed by atoms with van der Waals surface area (Å²) in [5, 5.41) is 2.92. The van der Waals surface area contributed by atoms with E-state index in [4.69, 9.17) is 5.73 Å². The highest BCUT2D eigenvalue weighted by Crippen LogP contribution is 2.21. The van der Waals surface area contributed by atoms with Crippen molar-refractivity contribution < 1.29 is 4.79 Å². The number of likely N-dealkylation sites (tertiary alicyclic amines) is 1. The van der Waals surface area contributed by atoms with Gasteiger partial charge in [-0.15, -0.1) is 0 Å². The van der Waals surface area contributed by atoms with Gasteiger partial charge in [0, 0.05) is 12.6 Å². The predicted molar refractivity (Wildman–Crippen MR) is 66.0 cm³/mol. The first-order chi connectivity index (χ1) is 7.52. The Morgan fingerprint density at radius 1 is 1.56 bits per heavy atom. The second kappa shape index (κ2) is 6.21. The molecule has 1 saturated heterocycles. The van der Waals surface area contributed by atoms with Gasteiger partial charge in [0.1, 0.15) is 0 Å². The zero-order valence-electron chi connectivity index (χ0n) is 10.7. The Kier molecular flexibility index (Phi) is 5.22. The summed E-state index contributed by atoms with van der Waals surface area (Å²) >= 11 is 0. The van der Waals surface area contributed by atoms with E-state index in [1.165, 1.54) is 0 Å². The van der Waals surface area contributed by atoms with Crippen LogP contribution in [0.25, 0.3) is 0 Å². The highest BCUT2D eigenvalue weighted by Gasteiger charge is 2.25. The number of hydrogen-bond acceptors (Lipinski definition) is 3. The lowest BCUT2D eigenvalue weighted by molar-refractivity contribution is -0.123. The van der Waals surface area contributed by atoms with Crippen molar-refractivity contribution in [1.29, 1.82) is 0 Å². The number of piperidine rings is 1. The number of amides is 1. The maximum atomic E-state index is 11.6. The minimum atomic E-state index is 0.133. The Labute approximate surface area is 98.6 Å². The fourth-order valence-electron chi connectivity index (χ4n) is 2.35. The lowest BCUT2D eigenvalue weighted by Gasteiger charge is -2.36. The van der Waals surface area contributed by atoms with Crippen molar-refractivity contribution in [2.45, 2.75) is 33.2 Å². The molecule has 0 aromatic heterocycles. The van der Waals surface area contributed by atoms with E-state index in [1.807, 2.05) is 13.8 Å². The largest absolute Gasteiger partial charge is 0.353 e. The SMILES string of the molecule is CC(C)NC(=O)CN1CCC(CN)C(C)C1. The predicted octanol–water partition coefficient (Wildman–Crippen LogP) is 0.428. The fraction of sp³-hybridized carbons (Fsp3) is 0.917. The fourth-order valence-corrected chi connectivity index (χ4v) is 2.35. The topological polar surface area (TPSA) is 58.4 Å². The molecule has 2 unspecified atom stereocenters. The molecule has 0 aromatic carbocycles. The van der Waals surface area contributed by atoms with E-state index in [0.29, 0.717) is 18.4 Å². The number of nitrogens with two attached hydrogens (primary N) is 1. The molecule has 1 fully saturated rings. The van der Waals surface area contributed by atoms with Gasteiger partial charge in [-0.2, -0.15) is 0 Å². The van der Waals surface area contributed by atoms with Gasteiger partial charge in [-0.1, -0.05) is 6.92 Å². The number of nitrogens with one attached hydrogen (secondary N) is 1. The minimum absolute atomic E-state index is 0.133. The second-order valence-electron chi connectivity index (χ2n) is 5.22. The Balaban J connectivity index is 2.32. The third kappa shape index (κ3) is 4.10. The van der Waals surface area contributed by atoms with E-state index >= 15 is 0 Å². The zero-order chi connectivity index (χ0) is 12.1. The van der Waals surface area contributed by atoms with Crippen LogP contribution in [0.5, 0.6) is 0 Å². The molecule has 2 atom stereocenters. The van der Waals surface area contributed by atoms with Crippen molar-refractivity contribution in [3.05, 3.63) is 0 Å². The van der Waals surface area contributed by atoms with Gasteiger partial charge in [-0.25, -0.2) is 0 Å². The van der Waals surface area contributed by atoms with Crippen LogP contribution in [0.15, 0.2) is 0 Å². The van der Waals surface area contributed by atoms with E-state index in [-0.39, 0.29) is 11.9 Å². The van der Waals surface area contributed by atoms with Gasteiger partial charge in [-0.05, 0) is 45.2 Å². The summed E-state index contributed by atoms with van der Waals surface area (Å²) < 4.78 is 0. The lowest BCUT2D eigenvalue weighted by atomic mass is 9.87. The molecule has 1 heterocycles. The molecule has 4 nitrogen and oxygen atoms in total. The molecule has 3 N–H and O–H groups in total. The van der Waals surface area contributed by atoms with Crippen LogP contribution in [0.2, 0.25) is 0 Å². The van der Waals surface area contributed by atoms with Crippen molar-refractivity contribution in [3.63, 3.8) is 0 Å². The Hall–Kier alpha value is -0.610. The minimum Gasteiger partial charge on any atom is -0.353 e. The summed E-state index contributed by atoms with van der Waals surface area (Å²) in [6.45, 7) is 9.49. The van der Waals surface area contributed by atoms with Gasteiger partial charge in [0.15, 0.2) is 0 Å². The first-order valence-electron chi connectivity index (χ1n) is 6.24. The normalized spacial score (nSPS) is 27.1. The maximum absolute atomic E-state index is 11.6. The highest BCUT2D eigenvalue weighted by molar-refractivity contribution is 5.78. The van der Waals surface area contributed by atoms with Crippen LogP contribution < -0.4 is 11.1 Å². The van der Waals surface area contributed by atoms with E-state index < -0.39 is 0 Å². The molecule has 0 aliphatic carbocycles. The molecule has 94 valence electrons. The summed E-state index contributed by atoms with van der Waals surface area (Å²) in [5.74, 6) is 1.36. The molecule has 1 amide bonds. The summed E-state index contributed by atoms with van der Waals surface area (Å²) in [7, 11) is 0. The van der Waals surface area contributed by atoms with Gasteiger partial charge in [0.05, 0.1) is 6.54 Å². The van der Waals surface area contributed by atoms with E-state index in [9.17, 15) is 4.79 Å². The standard InChI is InChI=1S/C12H25N3O/c1-9(2)14-12(16)8-15-5-4-11(6-13)10(3)7-15/h9-11H,4-8,13H2,1-3H3,(H,14,16). The average Bonchev–Trinajstić information content (AvgIpc) is 2.16. The van der Waals surface area contributed by atoms with Gasteiger partial charge >= 0.3 is 0 Å². The van der Waals surface area contributed by atoms with Crippen LogP contribution in [-0.4, -0.2) is 43.0 Å². The molecule has 0 aromatic rings. The summed E-state index contributed by atoms with van der Waals surface area (Å²) in [6, 6.07) is 0.228. The van der Waals surface area contributed by atoms with Gasteiger partial charge in [-0.3, -0.25) is 9.69 Å².